The molecule has 0 radical (unpaired) electrons. The van der Waals surface area contributed by atoms with Crippen LogP contribution in [-0.2, 0) is 12.8 Å². The molecular weight excluding hydrogens is 290 g/mol. The summed E-state index contributed by atoms with van der Waals surface area (Å²) in [4.78, 5) is 16.2. The molecule has 0 spiro atoms. The molecule has 0 aromatic carbocycles. The van der Waals surface area contributed by atoms with E-state index in [2.05, 4.69) is 15.2 Å². The van der Waals surface area contributed by atoms with Gasteiger partial charge in [-0.3, -0.25) is 0 Å². The standard InChI is InChI=1S/C17H21N5O/c23-10-7-19-15-11-12(5-6-18-15)16-13-3-1-4-14(13)20-17(21-16)22-8-2-9-22/h5-6,11,23H,1-4,7-10H2,(H,18,19). The average Bonchev–Trinajstić information content (AvgIpc) is 2.99. The van der Waals surface area contributed by atoms with Gasteiger partial charge in [0, 0.05) is 42.7 Å². The van der Waals surface area contributed by atoms with Gasteiger partial charge >= 0.3 is 0 Å². The fourth-order valence-electron chi connectivity index (χ4n) is 3.17. The third kappa shape index (κ3) is 2.74. The number of aliphatic hydroxyl groups excluding tert-OH is 1. The summed E-state index contributed by atoms with van der Waals surface area (Å²) in [6, 6.07) is 4.02. The van der Waals surface area contributed by atoms with E-state index in [0.717, 1.165) is 55.4 Å². The first-order valence-corrected chi connectivity index (χ1v) is 8.31. The molecule has 6 nitrogen and oxygen atoms in total. The third-order valence-electron chi connectivity index (χ3n) is 4.51. The molecule has 0 unspecified atom stereocenters. The topological polar surface area (TPSA) is 74.2 Å². The van der Waals surface area contributed by atoms with Crippen LogP contribution in [0.4, 0.5) is 11.8 Å². The van der Waals surface area contributed by atoms with E-state index >= 15 is 0 Å². The van der Waals surface area contributed by atoms with E-state index in [1.54, 1.807) is 6.20 Å². The second-order valence-electron chi connectivity index (χ2n) is 6.07. The van der Waals surface area contributed by atoms with Gasteiger partial charge in [-0.25, -0.2) is 15.0 Å². The van der Waals surface area contributed by atoms with E-state index in [9.17, 15) is 0 Å². The number of aromatic nitrogens is 3. The monoisotopic (exact) mass is 311 g/mol. The highest BCUT2D eigenvalue weighted by Gasteiger charge is 2.24. The Hall–Kier alpha value is -2.21. The molecule has 1 aliphatic heterocycles. The maximum absolute atomic E-state index is 8.96. The lowest BCUT2D eigenvalue weighted by molar-refractivity contribution is 0.311. The number of anilines is 2. The summed E-state index contributed by atoms with van der Waals surface area (Å²) in [5.74, 6) is 1.64. The fourth-order valence-corrected chi connectivity index (χ4v) is 3.17. The van der Waals surface area contributed by atoms with Crippen LogP contribution in [-0.4, -0.2) is 46.3 Å². The molecule has 1 aliphatic carbocycles. The van der Waals surface area contributed by atoms with E-state index < -0.39 is 0 Å². The molecule has 0 saturated carbocycles. The predicted octanol–water partition coefficient (Wildman–Crippen LogP) is 1.64. The van der Waals surface area contributed by atoms with E-state index in [-0.39, 0.29) is 6.61 Å². The zero-order valence-corrected chi connectivity index (χ0v) is 13.1. The third-order valence-corrected chi connectivity index (χ3v) is 4.51. The van der Waals surface area contributed by atoms with Crippen molar-refractivity contribution in [3.05, 3.63) is 29.6 Å². The van der Waals surface area contributed by atoms with Crippen molar-refractivity contribution < 1.29 is 5.11 Å². The SMILES string of the molecule is OCCNc1cc(-c2nc(N3CCC3)nc3c2CCC3)ccn1. The van der Waals surface area contributed by atoms with Gasteiger partial charge in [0.05, 0.1) is 12.3 Å². The van der Waals surface area contributed by atoms with Gasteiger partial charge in [0.25, 0.3) is 0 Å². The van der Waals surface area contributed by atoms with E-state index in [4.69, 9.17) is 15.1 Å². The second kappa shape index (κ2) is 6.12. The summed E-state index contributed by atoms with van der Waals surface area (Å²) >= 11 is 0. The van der Waals surface area contributed by atoms with Crippen LogP contribution >= 0.6 is 0 Å². The van der Waals surface area contributed by atoms with Crippen molar-refractivity contribution in [1.29, 1.82) is 0 Å². The van der Waals surface area contributed by atoms with Crippen LogP contribution in [0.2, 0.25) is 0 Å². The smallest absolute Gasteiger partial charge is 0.226 e. The highest BCUT2D eigenvalue weighted by Crippen LogP contribution is 2.33. The van der Waals surface area contributed by atoms with Crippen molar-refractivity contribution >= 4 is 11.8 Å². The first-order chi connectivity index (χ1) is 11.3. The van der Waals surface area contributed by atoms with Crippen LogP contribution in [0.25, 0.3) is 11.3 Å². The van der Waals surface area contributed by atoms with Crippen molar-refractivity contribution in [2.75, 3.05) is 36.5 Å². The molecule has 1 fully saturated rings. The number of hydrogen-bond acceptors (Lipinski definition) is 6. The van der Waals surface area contributed by atoms with Crippen molar-refractivity contribution in [3.63, 3.8) is 0 Å². The molecule has 0 amide bonds. The number of aliphatic hydroxyl groups is 1. The summed E-state index contributed by atoms with van der Waals surface area (Å²) in [5.41, 5.74) is 4.61. The molecule has 1 saturated heterocycles. The highest BCUT2D eigenvalue weighted by atomic mass is 16.3. The van der Waals surface area contributed by atoms with Gasteiger partial charge in [0.15, 0.2) is 0 Å². The molecule has 2 aromatic rings. The molecular formula is C17H21N5O. The van der Waals surface area contributed by atoms with E-state index in [1.807, 2.05) is 12.1 Å². The van der Waals surface area contributed by atoms with E-state index in [0.29, 0.717) is 6.54 Å². The number of pyridine rings is 1. The Labute approximate surface area is 135 Å². The van der Waals surface area contributed by atoms with Crippen LogP contribution in [0, 0.1) is 0 Å². The lowest BCUT2D eigenvalue weighted by Crippen LogP contribution is -2.38. The Morgan fingerprint density at radius 1 is 1.17 bits per heavy atom. The van der Waals surface area contributed by atoms with Crippen molar-refractivity contribution in [3.8, 4) is 11.3 Å². The number of nitrogens with one attached hydrogen (secondary N) is 1. The highest BCUT2D eigenvalue weighted by molar-refractivity contribution is 5.68. The van der Waals surface area contributed by atoms with Gasteiger partial charge in [-0.1, -0.05) is 0 Å². The zero-order chi connectivity index (χ0) is 15.6. The molecule has 0 bridgehead atoms. The van der Waals surface area contributed by atoms with Gasteiger partial charge in [-0.2, -0.15) is 0 Å². The molecule has 2 N–H and O–H groups in total. The summed E-state index contributed by atoms with van der Waals surface area (Å²) < 4.78 is 0. The lowest BCUT2D eigenvalue weighted by Gasteiger charge is -2.31. The summed E-state index contributed by atoms with van der Waals surface area (Å²) in [5, 5.41) is 12.1. The van der Waals surface area contributed by atoms with Crippen LogP contribution in [0.5, 0.6) is 0 Å². The largest absolute Gasteiger partial charge is 0.395 e. The first kappa shape index (κ1) is 14.4. The Morgan fingerprint density at radius 2 is 2.09 bits per heavy atom. The minimum Gasteiger partial charge on any atom is -0.395 e. The average molecular weight is 311 g/mol. The maximum atomic E-state index is 8.96. The minimum atomic E-state index is 0.0912. The van der Waals surface area contributed by atoms with Crippen molar-refractivity contribution in [2.45, 2.75) is 25.7 Å². The molecule has 3 heterocycles. The summed E-state index contributed by atoms with van der Waals surface area (Å²) in [7, 11) is 0. The van der Waals surface area contributed by atoms with Gasteiger partial charge in [0.1, 0.15) is 5.82 Å². The normalized spacial score (nSPS) is 16.1. The number of aryl methyl sites for hydroxylation is 1. The Balaban J connectivity index is 1.74. The minimum absolute atomic E-state index is 0.0912. The number of rotatable bonds is 5. The van der Waals surface area contributed by atoms with Gasteiger partial charge in [-0.05, 0) is 37.8 Å². The number of hydrogen-bond donors (Lipinski definition) is 2. The summed E-state index contributed by atoms with van der Waals surface area (Å²) in [6.45, 7) is 2.70. The van der Waals surface area contributed by atoms with Crippen LogP contribution in [0.3, 0.4) is 0 Å². The molecule has 23 heavy (non-hydrogen) atoms. The summed E-state index contributed by atoms with van der Waals surface area (Å²) in [6.07, 6.45) is 6.27. The molecule has 2 aliphatic rings. The Morgan fingerprint density at radius 3 is 2.87 bits per heavy atom. The van der Waals surface area contributed by atoms with Crippen LogP contribution in [0.1, 0.15) is 24.1 Å². The number of fused-ring (bicyclic) bond motifs is 1. The van der Waals surface area contributed by atoms with Crippen molar-refractivity contribution in [2.24, 2.45) is 0 Å². The van der Waals surface area contributed by atoms with Crippen molar-refractivity contribution in [1.82, 2.24) is 15.0 Å². The van der Waals surface area contributed by atoms with Crippen LogP contribution in [0.15, 0.2) is 18.3 Å². The van der Waals surface area contributed by atoms with E-state index in [1.165, 1.54) is 17.7 Å². The Bertz CT molecular complexity index is 714. The number of nitrogens with zero attached hydrogens (tertiary/aromatic N) is 4. The van der Waals surface area contributed by atoms with Gasteiger partial charge < -0.3 is 15.3 Å². The molecule has 2 aromatic heterocycles. The van der Waals surface area contributed by atoms with Gasteiger partial charge in [0.2, 0.25) is 5.95 Å². The predicted molar refractivity (Wildman–Crippen MR) is 89.7 cm³/mol. The van der Waals surface area contributed by atoms with Gasteiger partial charge in [-0.15, -0.1) is 0 Å². The quantitative estimate of drug-likeness (QED) is 0.874. The molecule has 6 heteroatoms. The lowest BCUT2D eigenvalue weighted by atomic mass is 10.1. The second-order valence-corrected chi connectivity index (χ2v) is 6.07. The first-order valence-electron chi connectivity index (χ1n) is 8.31. The zero-order valence-electron chi connectivity index (χ0n) is 13.1. The molecule has 4 rings (SSSR count). The fraction of sp³-hybridized carbons (Fsp3) is 0.471. The molecule has 120 valence electrons. The van der Waals surface area contributed by atoms with Crippen LogP contribution < -0.4 is 10.2 Å². The molecule has 0 atom stereocenters. The Kier molecular flexibility index (Phi) is 3.83. The maximum Gasteiger partial charge on any atom is 0.226 e.